The molecule has 5 atom stereocenters. The first kappa shape index (κ1) is 21.4. The van der Waals surface area contributed by atoms with Gasteiger partial charge in [-0.3, -0.25) is 9.59 Å². The third-order valence-electron chi connectivity index (χ3n) is 6.27. The van der Waals surface area contributed by atoms with Crippen LogP contribution in [0.15, 0.2) is 72.8 Å². The van der Waals surface area contributed by atoms with Gasteiger partial charge in [-0.2, -0.15) is 0 Å². The molecule has 3 aliphatic rings. The molecular weight excluding hydrogens is 391 g/mol. The minimum atomic E-state index is -0.523. The molecule has 0 spiro atoms. The molecule has 5 nitrogen and oxygen atoms in total. The van der Waals surface area contributed by atoms with Crippen LogP contribution in [0.5, 0.6) is 0 Å². The number of benzene rings is 2. The Kier molecular flexibility index (Phi) is 6.57. The third-order valence-corrected chi connectivity index (χ3v) is 6.27. The Morgan fingerprint density at radius 2 is 1.42 bits per heavy atom. The fourth-order valence-electron chi connectivity index (χ4n) is 4.72. The quantitative estimate of drug-likeness (QED) is 0.410. The highest BCUT2D eigenvalue weighted by Gasteiger charge is 2.50. The first-order valence-corrected chi connectivity index (χ1v) is 10.8. The van der Waals surface area contributed by atoms with Crippen LogP contribution in [0.2, 0.25) is 0 Å². The Balaban J connectivity index is 1.47. The van der Waals surface area contributed by atoms with E-state index in [1.807, 2.05) is 68.5 Å². The molecule has 31 heavy (non-hydrogen) atoms. The van der Waals surface area contributed by atoms with Crippen molar-refractivity contribution >= 4 is 19.8 Å². The fourth-order valence-corrected chi connectivity index (χ4v) is 4.72. The average molecular weight is 418 g/mol. The summed E-state index contributed by atoms with van der Waals surface area (Å²) in [5.41, 5.74) is 2.80. The average Bonchev–Trinajstić information content (AvgIpc) is 3.02. The Bertz CT molecular complexity index is 929. The lowest BCUT2D eigenvalue weighted by molar-refractivity contribution is -0.156. The molecule has 2 bridgehead atoms. The molecule has 2 heterocycles. The number of fused-ring (bicyclic) bond motifs is 4. The van der Waals surface area contributed by atoms with Crippen LogP contribution in [0, 0.1) is 17.8 Å². The first-order valence-electron chi connectivity index (χ1n) is 10.8. The van der Waals surface area contributed by atoms with Crippen molar-refractivity contribution < 1.29 is 23.8 Å². The number of hydrogen-bond donors (Lipinski definition) is 0. The van der Waals surface area contributed by atoms with Gasteiger partial charge in [-0.05, 0) is 24.0 Å². The van der Waals surface area contributed by atoms with E-state index in [4.69, 9.17) is 14.2 Å². The predicted molar refractivity (Wildman–Crippen MR) is 119 cm³/mol. The standard InChI is InChI=1S/C25H27BO5/c1-16-12-21-19(24(27)29-14-17-8-4-2-5-9-17)13-20(22(16)23(26)31-21)25(28)30-15-18-10-6-3-7-11-18/h2-11,19-23H,1,12-15,26H2/t19?,20?,21?,22?,23-/m1/s1. The normalized spacial score (nSPS) is 27.4. The van der Waals surface area contributed by atoms with Crippen LogP contribution >= 0.6 is 0 Å². The lowest BCUT2D eigenvalue weighted by Gasteiger charge is -2.36. The maximum Gasteiger partial charge on any atom is 0.311 e. The van der Waals surface area contributed by atoms with Crippen molar-refractivity contribution in [1.29, 1.82) is 0 Å². The van der Waals surface area contributed by atoms with Crippen LogP contribution in [0.1, 0.15) is 24.0 Å². The largest absolute Gasteiger partial charge is 0.461 e. The van der Waals surface area contributed by atoms with Gasteiger partial charge in [-0.15, -0.1) is 0 Å². The van der Waals surface area contributed by atoms with Gasteiger partial charge in [-0.25, -0.2) is 0 Å². The molecular formula is C25H27BO5. The second-order valence-electron chi connectivity index (χ2n) is 8.40. The Labute approximate surface area is 183 Å². The SMILES string of the molecule is B[C@@H]1OC2CC(=C)C1C(C(=O)OCc1ccccc1)CC2C(=O)OCc1ccccc1. The molecule has 0 amide bonds. The number of carbonyl (C=O) groups is 2. The molecule has 5 rings (SSSR count). The summed E-state index contributed by atoms with van der Waals surface area (Å²) >= 11 is 0. The topological polar surface area (TPSA) is 61.8 Å². The number of carbonyl (C=O) groups excluding carboxylic acids is 2. The van der Waals surface area contributed by atoms with Crippen LogP contribution in [-0.4, -0.2) is 31.9 Å². The molecule has 2 saturated heterocycles. The van der Waals surface area contributed by atoms with Gasteiger partial charge >= 0.3 is 11.9 Å². The van der Waals surface area contributed by atoms with Crippen molar-refractivity contribution in [3.05, 3.63) is 83.9 Å². The van der Waals surface area contributed by atoms with Crippen LogP contribution in [0.25, 0.3) is 0 Å². The summed E-state index contributed by atoms with van der Waals surface area (Å²) in [6.07, 6.45) is 0.580. The van der Waals surface area contributed by atoms with Crippen molar-refractivity contribution in [2.24, 2.45) is 17.8 Å². The van der Waals surface area contributed by atoms with Crippen molar-refractivity contribution in [3.8, 4) is 0 Å². The molecule has 2 aromatic carbocycles. The lowest BCUT2D eigenvalue weighted by atomic mass is 9.73. The third kappa shape index (κ3) is 4.91. The van der Waals surface area contributed by atoms with Crippen LogP contribution in [0.4, 0.5) is 0 Å². The van der Waals surface area contributed by atoms with Gasteiger partial charge in [-0.1, -0.05) is 72.8 Å². The molecule has 1 aliphatic carbocycles. The highest BCUT2D eigenvalue weighted by molar-refractivity contribution is 6.11. The number of esters is 2. The molecule has 0 N–H and O–H groups in total. The summed E-state index contributed by atoms with van der Waals surface area (Å²) in [5, 5.41) is 0. The molecule has 4 unspecified atom stereocenters. The van der Waals surface area contributed by atoms with Gasteiger partial charge in [0.25, 0.3) is 0 Å². The first-order chi connectivity index (χ1) is 15.0. The Morgan fingerprint density at radius 1 is 0.903 bits per heavy atom. The van der Waals surface area contributed by atoms with E-state index in [9.17, 15) is 9.59 Å². The zero-order chi connectivity index (χ0) is 21.8. The minimum absolute atomic E-state index is 0.161. The number of hydrogen-bond acceptors (Lipinski definition) is 5. The Hall–Kier alpha value is -2.86. The number of rotatable bonds is 6. The molecule has 3 fully saturated rings. The zero-order valence-electron chi connectivity index (χ0n) is 17.7. The molecule has 1 saturated carbocycles. The van der Waals surface area contributed by atoms with E-state index in [-0.39, 0.29) is 43.2 Å². The van der Waals surface area contributed by atoms with Gasteiger partial charge in [0.05, 0.1) is 17.9 Å². The summed E-state index contributed by atoms with van der Waals surface area (Å²) in [6.45, 7) is 4.61. The van der Waals surface area contributed by atoms with Crippen molar-refractivity contribution in [3.63, 3.8) is 0 Å². The van der Waals surface area contributed by atoms with E-state index in [1.165, 1.54) is 0 Å². The summed E-state index contributed by atoms with van der Waals surface area (Å²) in [6, 6.07) is 18.9. The van der Waals surface area contributed by atoms with Gasteiger partial charge in [0.1, 0.15) is 21.1 Å². The number of ether oxygens (including phenoxy) is 3. The summed E-state index contributed by atoms with van der Waals surface area (Å²) in [7, 11) is 1.94. The van der Waals surface area contributed by atoms with Gasteiger partial charge in [0.15, 0.2) is 0 Å². The van der Waals surface area contributed by atoms with Crippen LogP contribution < -0.4 is 0 Å². The minimum Gasteiger partial charge on any atom is -0.461 e. The maximum absolute atomic E-state index is 13.1. The Morgan fingerprint density at radius 3 is 1.94 bits per heavy atom. The second-order valence-corrected chi connectivity index (χ2v) is 8.40. The predicted octanol–water partition coefficient (Wildman–Crippen LogP) is 3.03. The van der Waals surface area contributed by atoms with E-state index in [0.29, 0.717) is 12.8 Å². The molecule has 2 aliphatic heterocycles. The fraction of sp³-hybridized carbons (Fsp3) is 0.360. The highest BCUT2D eigenvalue weighted by Crippen LogP contribution is 2.44. The lowest BCUT2D eigenvalue weighted by Crippen LogP contribution is -2.40. The zero-order valence-corrected chi connectivity index (χ0v) is 17.7. The van der Waals surface area contributed by atoms with Crippen molar-refractivity contribution in [2.75, 3.05) is 0 Å². The summed E-state index contributed by atoms with van der Waals surface area (Å²) in [4.78, 5) is 26.1. The van der Waals surface area contributed by atoms with E-state index in [2.05, 4.69) is 6.58 Å². The van der Waals surface area contributed by atoms with Gasteiger partial charge < -0.3 is 14.2 Å². The monoisotopic (exact) mass is 418 g/mol. The second kappa shape index (κ2) is 9.52. The van der Waals surface area contributed by atoms with E-state index >= 15 is 0 Å². The highest BCUT2D eigenvalue weighted by atomic mass is 16.5. The maximum atomic E-state index is 13.1. The van der Waals surface area contributed by atoms with Gasteiger partial charge in [0.2, 0.25) is 0 Å². The van der Waals surface area contributed by atoms with Crippen LogP contribution in [0.3, 0.4) is 0 Å². The van der Waals surface area contributed by atoms with E-state index in [0.717, 1.165) is 16.7 Å². The van der Waals surface area contributed by atoms with E-state index in [1.54, 1.807) is 0 Å². The molecule has 6 heteroatoms. The smallest absolute Gasteiger partial charge is 0.311 e. The summed E-state index contributed by atoms with van der Waals surface area (Å²) in [5.74, 6) is -1.81. The molecule has 2 aromatic rings. The van der Waals surface area contributed by atoms with Gasteiger partial charge in [0, 0.05) is 11.9 Å². The summed E-state index contributed by atoms with van der Waals surface area (Å²) < 4.78 is 17.4. The van der Waals surface area contributed by atoms with Crippen molar-refractivity contribution in [1.82, 2.24) is 0 Å². The molecule has 160 valence electrons. The van der Waals surface area contributed by atoms with Crippen molar-refractivity contribution in [2.45, 2.75) is 38.2 Å². The van der Waals surface area contributed by atoms with E-state index < -0.39 is 11.8 Å². The molecule has 0 aromatic heterocycles. The van der Waals surface area contributed by atoms with Crippen LogP contribution in [-0.2, 0) is 37.0 Å². The molecule has 0 radical (unpaired) electrons.